The molecule has 0 radical (unpaired) electrons. The van der Waals surface area contributed by atoms with Gasteiger partial charge < -0.3 is 5.32 Å². The summed E-state index contributed by atoms with van der Waals surface area (Å²) in [5.74, 6) is 1.71. The molecule has 7 nitrogen and oxygen atoms in total. The maximum atomic E-state index is 13.1. The Morgan fingerprint density at radius 1 is 1.16 bits per heavy atom. The lowest BCUT2D eigenvalue weighted by Gasteiger charge is -2.34. The second-order valence-corrected chi connectivity index (χ2v) is 13.6. The van der Waals surface area contributed by atoms with E-state index in [0.29, 0.717) is 51.1 Å². The normalized spacial score (nSPS) is 23.9. The molecule has 3 aliphatic rings. The van der Waals surface area contributed by atoms with E-state index < -0.39 is 15.6 Å². The van der Waals surface area contributed by atoms with Gasteiger partial charge in [-0.3, -0.25) is 19.0 Å². The lowest BCUT2D eigenvalue weighted by atomic mass is 9.79. The van der Waals surface area contributed by atoms with Crippen molar-refractivity contribution in [2.45, 2.75) is 90.0 Å². The molecule has 2 heterocycles. The molecule has 38 heavy (non-hydrogen) atoms. The molecule has 2 fully saturated rings. The molecule has 0 aromatic heterocycles. The van der Waals surface area contributed by atoms with Crippen LogP contribution in [0.3, 0.4) is 0 Å². The number of amides is 1. The standard InChI is InChI=1S/C29H42FN3O4S/c1-21-19-24(20-22(2)34)8-9-25(21)12-18-38(36,37)33-16-13-29(14-17-33)28(35)31-27(32-29)26-10-6-23(7-11-26)5-3-4-15-30/h8-9,19,23,26H,3-7,10-18,20H2,1-2H3,(H,31,32,35). The number of unbranched alkanes of at least 4 members (excludes halogenated alkanes) is 1. The summed E-state index contributed by atoms with van der Waals surface area (Å²) in [6, 6.07) is 5.78. The second-order valence-electron chi connectivity index (χ2n) is 11.5. The molecule has 2 aliphatic heterocycles. The number of nitrogens with one attached hydrogen (secondary N) is 1. The number of aliphatic imine (C=N–C) groups is 1. The number of amidine groups is 1. The van der Waals surface area contributed by atoms with Crippen LogP contribution in [-0.2, 0) is 32.5 Å². The summed E-state index contributed by atoms with van der Waals surface area (Å²) in [5.41, 5.74) is 2.06. The molecule has 1 aliphatic carbocycles. The second kappa shape index (κ2) is 12.4. The van der Waals surface area contributed by atoms with Crippen molar-refractivity contribution in [3.05, 3.63) is 34.9 Å². The highest BCUT2D eigenvalue weighted by Gasteiger charge is 2.48. The van der Waals surface area contributed by atoms with Gasteiger partial charge in [-0.1, -0.05) is 31.0 Å². The van der Waals surface area contributed by atoms with Crippen molar-refractivity contribution in [3.8, 4) is 0 Å². The van der Waals surface area contributed by atoms with Gasteiger partial charge in [0.05, 0.1) is 12.4 Å². The van der Waals surface area contributed by atoms with Gasteiger partial charge in [0.1, 0.15) is 17.2 Å². The third-order valence-corrected chi connectivity index (χ3v) is 10.5. The number of ketones is 1. The van der Waals surface area contributed by atoms with Crippen molar-refractivity contribution in [2.75, 3.05) is 25.5 Å². The molecule has 1 saturated heterocycles. The van der Waals surface area contributed by atoms with E-state index in [2.05, 4.69) is 5.32 Å². The zero-order valence-corrected chi connectivity index (χ0v) is 23.6. The third-order valence-electron chi connectivity index (χ3n) is 8.66. The van der Waals surface area contributed by atoms with E-state index in [1.165, 1.54) is 4.31 Å². The van der Waals surface area contributed by atoms with Crippen LogP contribution < -0.4 is 5.32 Å². The van der Waals surface area contributed by atoms with Crippen LogP contribution in [0, 0.1) is 18.8 Å². The maximum Gasteiger partial charge on any atom is 0.253 e. The fourth-order valence-electron chi connectivity index (χ4n) is 6.26. The van der Waals surface area contributed by atoms with Gasteiger partial charge in [0.25, 0.3) is 5.91 Å². The summed E-state index contributed by atoms with van der Waals surface area (Å²) in [5, 5.41) is 3.05. The number of alkyl halides is 1. The number of hydrogen-bond acceptors (Lipinski definition) is 5. The smallest absolute Gasteiger partial charge is 0.253 e. The van der Waals surface area contributed by atoms with Crippen LogP contribution in [0.1, 0.15) is 81.4 Å². The van der Waals surface area contributed by atoms with Crippen molar-refractivity contribution in [2.24, 2.45) is 16.8 Å². The molecule has 1 aromatic rings. The van der Waals surface area contributed by atoms with Gasteiger partial charge in [0.2, 0.25) is 10.0 Å². The lowest BCUT2D eigenvalue weighted by Crippen LogP contribution is -2.51. The van der Waals surface area contributed by atoms with Crippen molar-refractivity contribution >= 4 is 27.5 Å². The zero-order chi connectivity index (χ0) is 27.3. The molecule has 0 unspecified atom stereocenters. The highest BCUT2D eigenvalue weighted by atomic mass is 32.2. The van der Waals surface area contributed by atoms with Crippen LogP contribution in [0.5, 0.6) is 0 Å². The van der Waals surface area contributed by atoms with E-state index in [9.17, 15) is 22.4 Å². The van der Waals surface area contributed by atoms with Crippen LogP contribution in [0.15, 0.2) is 23.2 Å². The van der Waals surface area contributed by atoms with E-state index in [0.717, 1.165) is 61.1 Å². The first-order valence-electron chi connectivity index (χ1n) is 14.1. The molecule has 1 amide bonds. The number of rotatable bonds is 11. The van der Waals surface area contributed by atoms with Gasteiger partial charge in [-0.15, -0.1) is 0 Å². The minimum absolute atomic E-state index is 0.0161. The zero-order valence-electron chi connectivity index (χ0n) is 22.8. The van der Waals surface area contributed by atoms with Gasteiger partial charge >= 0.3 is 0 Å². The Hall–Kier alpha value is -2.13. The van der Waals surface area contributed by atoms with E-state index in [1.807, 2.05) is 25.1 Å². The number of benzene rings is 1. The number of hydrogen-bond donors (Lipinski definition) is 1. The summed E-state index contributed by atoms with van der Waals surface area (Å²) < 4.78 is 40.2. The number of nitrogens with zero attached hydrogens (tertiary/aromatic N) is 2. The van der Waals surface area contributed by atoms with Crippen LogP contribution in [-0.4, -0.2) is 61.3 Å². The van der Waals surface area contributed by atoms with Gasteiger partial charge in [0.15, 0.2) is 0 Å². The molecule has 0 atom stereocenters. The summed E-state index contributed by atoms with van der Waals surface area (Å²) >= 11 is 0. The van der Waals surface area contributed by atoms with E-state index in [-0.39, 0.29) is 30.0 Å². The number of piperidine rings is 1. The van der Waals surface area contributed by atoms with Crippen LogP contribution in [0.25, 0.3) is 0 Å². The molecular formula is C29H42FN3O4S. The highest BCUT2D eigenvalue weighted by Crippen LogP contribution is 2.37. The summed E-state index contributed by atoms with van der Waals surface area (Å²) in [4.78, 5) is 29.3. The Morgan fingerprint density at radius 3 is 2.50 bits per heavy atom. The fourth-order valence-corrected chi connectivity index (χ4v) is 7.74. The topological polar surface area (TPSA) is 95.9 Å². The van der Waals surface area contributed by atoms with Gasteiger partial charge in [-0.05, 0) is 87.8 Å². The first-order chi connectivity index (χ1) is 18.1. The summed E-state index contributed by atoms with van der Waals surface area (Å²) in [6.07, 6.45) is 8.42. The van der Waals surface area contributed by atoms with Gasteiger partial charge in [-0.2, -0.15) is 0 Å². The number of halogens is 1. The number of carbonyl (C=O) groups is 2. The Balaban J connectivity index is 1.30. The number of aryl methyl sites for hydroxylation is 2. The Morgan fingerprint density at radius 2 is 1.87 bits per heavy atom. The lowest BCUT2D eigenvalue weighted by molar-refractivity contribution is -0.125. The summed E-state index contributed by atoms with van der Waals surface area (Å²) in [7, 11) is -3.47. The maximum absolute atomic E-state index is 13.1. The molecule has 4 rings (SSSR count). The fraction of sp³-hybridized carbons (Fsp3) is 0.690. The monoisotopic (exact) mass is 547 g/mol. The number of Topliss-reactive ketones (excluding diaryl/α,β-unsaturated/α-hetero) is 1. The molecular weight excluding hydrogens is 505 g/mol. The van der Waals surface area contributed by atoms with Crippen molar-refractivity contribution in [1.82, 2.24) is 9.62 Å². The van der Waals surface area contributed by atoms with Crippen LogP contribution in [0.4, 0.5) is 4.39 Å². The predicted octanol–water partition coefficient (Wildman–Crippen LogP) is 4.31. The highest BCUT2D eigenvalue weighted by molar-refractivity contribution is 7.89. The molecule has 210 valence electrons. The average molecular weight is 548 g/mol. The van der Waals surface area contributed by atoms with E-state index in [1.54, 1.807) is 6.92 Å². The first-order valence-corrected chi connectivity index (χ1v) is 15.8. The first kappa shape index (κ1) is 28.9. The Kier molecular flexibility index (Phi) is 9.40. The minimum Gasteiger partial charge on any atom is -0.312 e. The SMILES string of the molecule is CC(=O)Cc1ccc(CCS(=O)(=O)N2CCC3(CC2)N=C(C2CCC(CCCCF)CC2)NC3=O)c(C)c1. The van der Waals surface area contributed by atoms with Crippen molar-refractivity contribution < 1.29 is 22.4 Å². The number of carbonyl (C=O) groups excluding carboxylic acids is 2. The molecule has 1 saturated carbocycles. The molecule has 1 N–H and O–H groups in total. The van der Waals surface area contributed by atoms with Crippen molar-refractivity contribution in [1.29, 1.82) is 0 Å². The quantitative estimate of drug-likeness (QED) is 0.418. The molecule has 0 bridgehead atoms. The van der Waals surface area contributed by atoms with Crippen molar-refractivity contribution in [3.63, 3.8) is 0 Å². The van der Waals surface area contributed by atoms with Gasteiger partial charge in [-0.25, -0.2) is 12.7 Å². The minimum atomic E-state index is -3.47. The van der Waals surface area contributed by atoms with E-state index in [4.69, 9.17) is 4.99 Å². The molecule has 1 aromatic carbocycles. The molecule has 9 heteroatoms. The Bertz CT molecular complexity index is 1150. The van der Waals surface area contributed by atoms with Gasteiger partial charge in [0, 0.05) is 25.4 Å². The van der Waals surface area contributed by atoms with Crippen LogP contribution >= 0.6 is 0 Å². The molecule has 1 spiro atoms. The largest absolute Gasteiger partial charge is 0.312 e. The van der Waals surface area contributed by atoms with E-state index >= 15 is 0 Å². The predicted molar refractivity (Wildman–Crippen MR) is 147 cm³/mol. The third kappa shape index (κ3) is 6.89. The van der Waals surface area contributed by atoms with Crippen LogP contribution in [0.2, 0.25) is 0 Å². The average Bonchev–Trinajstić information content (AvgIpc) is 3.19. The number of sulfonamides is 1. The Labute approximate surface area is 226 Å². The summed E-state index contributed by atoms with van der Waals surface area (Å²) in [6.45, 7) is 3.86.